The van der Waals surface area contributed by atoms with E-state index in [1.54, 1.807) is 19.2 Å². The number of amides is 1. The van der Waals surface area contributed by atoms with Crippen LogP contribution in [0.3, 0.4) is 0 Å². The zero-order chi connectivity index (χ0) is 21.6. The highest BCUT2D eigenvalue weighted by Gasteiger charge is 2.20. The monoisotopic (exact) mass is 424 g/mol. The van der Waals surface area contributed by atoms with Gasteiger partial charge in [-0.1, -0.05) is 18.2 Å². The maximum absolute atomic E-state index is 13.2. The Bertz CT molecular complexity index is 1030. The van der Waals surface area contributed by atoms with Crippen molar-refractivity contribution >= 4 is 11.6 Å². The molecule has 1 N–H and O–H groups in total. The molecule has 0 atom stereocenters. The topological polar surface area (TPSA) is 70.8 Å². The number of hydrogen-bond acceptors (Lipinski definition) is 6. The van der Waals surface area contributed by atoms with Gasteiger partial charge < -0.3 is 19.4 Å². The Kier molecular flexibility index (Phi) is 6.47. The van der Waals surface area contributed by atoms with Gasteiger partial charge in [0.05, 0.1) is 13.7 Å². The molecule has 2 aromatic carbocycles. The molecule has 0 spiro atoms. The number of benzene rings is 2. The average Bonchev–Trinajstić information content (AvgIpc) is 3.27. The third-order valence-corrected chi connectivity index (χ3v) is 5.28. The summed E-state index contributed by atoms with van der Waals surface area (Å²) in [5.74, 6) is 0.678. The Morgan fingerprint density at radius 3 is 2.74 bits per heavy atom. The number of hydrogen-bond donors (Lipinski definition) is 1. The number of carbonyl (C=O) groups excluding carboxylic acids is 1. The molecule has 162 valence electrons. The number of anilines is 1. The standard InChI is InChI=1S/C23H25FN4O3/c1-30-20-7-3-6-19(13-20)28-10-8-27(9-11-28)15-22-26-21(16-31-22)23(29)25-14-17-4-2-5-18(24)12-17/h2-7,12-13,16H,8-11,14-15H2,1H3,(H,25,29). The molecule has 8 heteroatoms. The van der Waals surface area contributed by atoms with Gasteiger partial charge in [-0.3, -0.25) is 9.69 Å². The number of nitrogens with zero attached hydrogens (tertiary/aromatic N) is 3. The molecule has 1 aliphatic heterocycles. The molecule has 1 aliphatic rings. The van der Waals surface area contributed by atoms with Crippen molar-refractivity contribution in [2.45, 2.75) is 13.1 Å². The van der Waals surface area contributed by atoms with E-state index in [-0.39, 0.29) is 24.0 Å². The highest BCUT2D eigenvalue weighted by Crippen LogP contribution is 2.22. The van der Waals surface area contributed by atoms with Crippen LogP contribution in [0.1, 0.15) is 21.9 Å². The quantitative estimate of drug-likeness (QED) is 0.629. The van der Waals surface area contributed by atoms with Crippen LogP contribution in [0, 0.1) is 5.82 Å². The van der Waals surface area contributed by atoms with E-state index >= 15 is 0 Å². The summed E-state index contributed by atoms with van der Waals surface area (Å²) in [4.78, 5) is 21.2. The zero-order valence-electron chi connectivity index (χ0n) is 17.4. The van der Waals surface area contributed by atoms with Gasteiger partial charge in [-0.25, -0.2) is 9.37 Å². The first-order chi connectivity index (χ1) is 15.1. The molecule has 0 aliphatic carbocycles. The molecule has 1 saturated heterocycles. The SMILES string of the molecule is COc1cccc(N2CCN(Cc3nc(C(=O)NCc4cccc(F)c4)co3)CC2)c1. The van der Waals surface area contributed by atoms with E-state index in [0.29, 0.717) is 18.0 Å². The summed E-state index contributed by atoms with van der Waals surface area (Å²) < 4.78 is 24.0. The number of nitrogens with one attached hydrogen (secondary N) is 1. The van der Waals surface area contributed by atoms with Crippen LogP contribution in [-0.2, 0) is 13.1 Å². The summed E-state index contributed by atoms with van der Waals surface area (Å²) >= 11 is 0. The minimum absolute atomic E-state index is 0.224. The second-order valence-corrected chi connectivity index (χ2v) is 7.40. The van der Waals surface area contributed by atoms with Gasteiger partial charge in [0.25, 0.3) is 5.91 Å². The molecule has 0 radical (unpaired) electrons. The van der Waals surface area contributed by atoms with E-state index in [1.165, 1.54) is 18.4 Å². The minimum Gasteiger partial charge on any atom is -0.497 e. The van der Waals surface area contributed by atoms with Crippen molar-refractivity contribution in [3.8, 4) is 5.75 Å². The molecule has 31 heavy (non-hydrogen) atoms. The van der Waals surface area contributed by atoms with Crippen LogP contribution in [0.25, 0.3) is 0 Å². The number of piperazine rings is 1. The Morgan fingerprint density at radius 2 is 1.97 bits per heavy atom. The normalized spacial score (nSPS) is 14.5. The van der Waals surface area contributed by atoms with Crippen LogP contribution in [0.2, 0.25) is 0 Å². The molecular formula is C23H25FN4O3. The van der Waals surface area contributed by atoms with Crippen LogP contribution in [0.5, 0.6) is 5.75 Å². The predicted octanol–water partition coefficient (Wildman–Crippen LogP) is 3.07. The Balaban J connectivity index is 1.27. The van der Waals surface area contributed by atoms with Gasteiger partial charge in [-0.15, -0.1) is 0 Å². The third-order valence-electron chi connectivity index (χ3n) is 5.28. The summed E-state index contributed by atoms with van der Waals surface area (Å²) in [6.45, 7) is 4.26. The molecular weight excluding hydrogens is 399 g/mol. The van der Waals surface area contributed by atoms with Crippen molar-refractivity contribution in [2.75, 3.05) is 38.2 Å². The van der Waals surface area contributed by atoms with Gasteiger partial charge in [0.15, 0.2) is 5.69 Å². The molecule has 2 heterocycles. The first-order valence-corrected chi connectivity index (χ1v) is 10.2. The van der Waals surface area contributed by atoms with Crippen LogP contribution >= 0.6 is 0 Å². The Labute approximate surface area is 180 Å². The molecule has 3 aromatic rings. The van der Waals surface area contributed by atoms with Crippen molar-refractivity contribution in [1.29, 1.82) is 0 Å². The van der Waals surface area contributed by atoms with Crippen molar-refractivity contribution in [3.05, 3.63) is 77.8 Å². The van der Waals surface area contributed by atoms with Gasteiger partial charge in [0.1, 0.15) is 17.8 Å². The summed E-state index contributed by atoms with van der Waals surface area (Å²) in [5, 5.41) is 2.73. The first kappa shape index (κ1) is 20.9. The molecule has 0 bridgehead atoms. The smallest absolute Gasteiger partial charge is 0.273 e. The fraction of sp³-hybridized carbons (Fsp3) is 0.304. The Hall–Kier alpha value is -3.39. The van der Waals surface area contributed by atoms with Gasteiger partial charge in [-0.2, -0.15) is 0 Å². The lowest BCUT2D eigenvalue weighted by atomic mass is 10.2. The number of aromatic nitrogens is 1. The summed E-state index contributed by atoms with van der Waals surface area (Å²) in [6.07, 6.45) is 1.36. The van der Waals surface area contributed by atoms with Crippen LogP contribution in [0.15, 0.2) is 59.2 Å². The van der Waals surface area contributed by atoms with E-state index in [2.05, 4.69) is 26.2 Å². The second-order valence-electron chi connectivity index (χ2n) is 7.40. The summed E-state index contributed by atoms with van der Waals surface area (Å²) in [6, 6.07) is 14.2. The predicted molar refractivity (Wildman–Crippen MR) is 115 cm³/mol. The average molecular weight is 424 g/mol. The van der Waals surface area contributed by atoms with Crippen molar-refractivity contribution in [1.82, 2.24) is 15.2 Å². The van der Waals surface area contributed by atoms with Crippen molar-refractivity contribution in [3.63, 3.8) is 0 Å². The second kappa shape index (κ2) is 9.61. The van der Waals surface area contributed by atoms with Crippen LogP contribution < -0.4 is 15.0 Å². The summed E-state index contributed by atoms with van der Waals surface area (Å²) in [7, 11) is 1.67. The number of rotatable bonds is 7. The molecule has 1 fully saturated rings. The molecule has 0 saturated carbocycles. The fourth-order valence-electron chi connectivity index (χ4n) is 3.57. The number of carbonyl (C=O) groups is 1. The van der Waals surface area contributed by atoms with Gasteiger partial charge in [0, 0.05) is 44.5 Å². The number of ether oxygens (including phenoxy) is 1. The molecule has 7 nitrogen and oxygen atoms in total. The number of methoxy groups -OCH3 is 1. The summed E-state index contributed by atoms with van der Waals surface area (Å²) in [5.41, 5.74) is 2.06. The molecule has 1 aromatic heterocycles. The molecule has 0 unspecified atom stereocenters. The van der Waals surface area contributed by atoms with E-state index in [1.807, 2.05) is 18.2 Å². The molecule has 4 rings (SSSR count). The van der Waals surface area contributed by atoms with E-state index in [9.17, 15) is 9.18 Å². The van der Waals surface area contributed by atoms with E-state index in [0.717, 1.165) is 37.6 Å². The minimum atomic E-state index is -0.345. The van der Waals surface area contributed by atoms with Gasteiger partial charge in [-0.05, 0) is 29.8 Å². The number of oxazole rings is 1. The molecule has 1 amide bonds. The third kappa shape index (κ3) is 5.40. The maximum Gasteiger partial charge on any atom is 0.273 e. The Morgan fingerprint density at radius 1 is 1.16 bits per heavy atom. The van der Waals surface area contributed by atoms with Crippen molar-refractivity contribution < 1.29 is 18.3 Å². The van der Waals surface area contributed by atoms with Gasteiger partial charge >= 0.3 is 0 Å². The fourth-order valence-corrected chi connectivity index (χ4v) is 3.57. The lowest BCUT2D eigenvalue weighted by molar-refractivity contribution is 0.0945. The van der Waals surface area contributed by atoms with Gasteiger partial charge in [0.2, 0.25) is 5.89 Å². The van der Waals surface area contributed by atoms with Crippen LogP contribution in [0.4, 0.5) is 10.1 Å². The lowest BCUT2D eigenvalue weighted by Crippen LogP contribution is -2.46. The zero-order valence-corrected chi connectivity index (χ0v) is 17.4. The highest BCUT2D eigenvalue weighted by molar-refractivity contribution is 5.91. The van der Waals surface area contributed by atoms with Crippen LogP contribution in [-0.4, -0.2) is 49.1 Å². The van der Waals surface area contributed by atoms with E-state index in [4.69, 9.17) is 9.15 Å². The first-order valence-electron chi connectivity index (χ1n) is 10.2. The van der Waals surface area contributed by atoms with E-state index < -0.39 is 0 Å². The number of halogens is 1. The van der Waals surface area contributed by atoms with Crippen molar-refractivity contribution in [2.24, 2.45) is 0 Å². The lowest BCUT2D eigenvalue weighted by Gasteiger charge is -2.35. The largest absolute Gasteiger partial charge is 0.497 e. The maximum atomic E-state index is 13.2. The highest BCUT2D eigenvalue weighted by atomic mass is 19.1.